The molecule has 23 heavy (non-hydrogen) atoms. The molecule has 0 atom stereocenters. The summed E-state index contributed by atoms with van der Waals surface area (Å²) in [5.41, 5.74) is 0.676. The lowest BCUT2D eigenvalue weighted by Gasteiger charge is -2.42. The number of hydrogen-bond acceptors (Lipinski definition) is 2. The Morgan fingerprint density at radius 2 is 1.39 bits per heavy atom. The second-order valence-electron chi connectivity index (χ2n) is 6.97. The third-order valence-corrected chi connectivity index (χ3v) is 10.6. The van der Waals surface area contributed by atoms with Crippen molar-refractivity contribution in [3.8, 4) is 5.75 Å². The van der Waals surface area contributed by atoms with E-state index in [2.05, 4.69) is 41.5 Å². The van der Waals surface area contributed by atoms with Crippen LogP contribution in [0, 0.1) is 11.6 Å². The van der Waals surface area contributed by atoms with E-state index < -0.39 is 20.0 Å². The maximum Gasteiger partial charge on any atom is 0.259 e. The quantitative estimate of drug-likeness (QED) is 0.441. The van der Waals surface area contributed by atoms with Gasteiger partial charge in [-0.3, -0.25) is 4.79 Å². The van der Waals surface area contributed by atoms with Gasteiger partial charge in [0.1, 0.15) is 0 Å². The largest absolute Gasteiger partial charge is 0.539 e. The molecule has 0 unspecified atom stereocenters. The van der Waals surface area contributed by atoms with Gasteiger partial charge in [0.2, 0.25) is 0 Å². The van der Waals surface area contributed by atoms with E-state index in [9.17, 15) is 13.6 Å². The molecule has 0 heterocycles. The van der Waals surface area contributed by atoms with Gasteiger partial charge in [-0.2, -0.15) is 0 Å². The smallest absolute Gasteiger partial charge is 0.259 e. The van der Waals surface area contributed by atoms with E-state index in [0.717, 1.165) is 12.1 Å². The van der Waals surface area contributed by atoms with E-state index in [1.54, 1.807) is 6.92 Å². The Labute approximate surface area is 139 Å². The van der Waals surface area contributed by atoms with E-state index in [4.69, 9.17) is 4.43 Å². The van der Waals surface area contributed by atoms with Gasteiger partial charge in [0.15, 0.2) is 23.2 Å². The SMILES string of the molecule is CCC(=O)c1cc(F)c(O[Si](C(C)C)(C(C)C)C(C)C)c(F)c1. The first kappa shape index (κ1) is 19.8. The summed E-state index contributed by atoms with van der Waals surface area (Å²) < 4.78 is 35.0. The first-order valence-corrected chi connectivity index (χ1v) is 10.4. The van der Waals surface area contributed by atoms with E-state index in [1.165, 1.54) is 0 Å². The van der Waals surface area contributed by atoms with Crippen molar-refractivity contribution in [1.82, 2.24) is 0 Å². The molecule has 0 aromatic heterocycles. The van der Waals surface area contributed by atoms with Crippen LogP contribution in [0.15, 0.2) is 12.1 Å². The number of rotatable bonds is 7. The van der Waals surface area contributed by atoms with E-state index >= 15 is 0 Å². The van der Waals surface area contributed by atoms with Gasteiger partial charge in [0.05, 0.1) is 0 Å². The Morgan fingerprint density at radius 1 is 1.00 bits per heavy atom. The molecule has 2 nitrogen and oxygen atoms in total. The predicted molar refractivity (Wildman–Crippen MR) is 92.7 cm³/mol. The van der Waals surface area contributed by atoms with E-state index in [0.29, 0.717) is 0 Å². The van der Waals surface area contributed by atoms with Gasteiger partial charge < -0.3 is 4.43 Å². The predicted octanol–water partition coefficient (Wildman–Crippen LogP) is 6.11. The zero-order valence-electron chi connectivity index (χ0n) is 15.2. The van der Waals surface area contributed by atoms with Crippen LogP contribution in [0.5, 0.6) is 5.75 Å². The molecule has 1 aromatic carbocycles. The van der Waals surface area contributed by atoms with Crippen LogP contribution in [0.4, 0.5) is 8.78 Å². The van der Waals surface area contributed by atoms with Crippen LogP contribution in [0.3, 0.4) is 0 Å². The summed E-state index contributed by atoms with van der Waals surface area (Å²) in [6, 6.07) is 2.18. The monoisotopic (exact) mass is 342 g/mol. The minimum Gasteiger partial charge on any atom is -0.539 e. The molecule has 0 aliphatic rings. The highest BCUT2D eigenvalue weighted by atomic mass is 28.4. The summed E-state index contributed by atoms with van der Waals surface area (Å²) in [7, 11) is -2.45. The molecule has 0 aliphatic heterocycles. The fourth-order valence-corrected chi connectivity index (χ4v) is 8.81. The lowest BCUT2D eigenvalue weighted by atomic mass is 10.1. The molecule has 0 bridgehead atoms. The minimum atomic E-state index is -2.45. The van der Waals surface area contributed by atoms with Gasteiger partial charge in [-0.05, 0) is 28.8 Å². The Hall–Kier alpha value is -1.23. The van der Waals surface area contributed by atoms with Crippen LogP contribution >= 0.6 is 0 Å². The molecule has 0 aliphatic carbocycles. The first-order valence-electron chi connectivity index (χ1n) is 8.29. The van der Waals surface area contributed by atoms with Crippen LogP contribution in [-0.4, -0.2) is 14.1 Å². The number of halogens is 2. The average Bonchev–Trinajstić information content (AvgIpc) is 2.44. The molecule has 0 N–H and O–H groups in total. The fourth-order valence-electron chi connectivity index (χ4n) is 3.55. The average molecular weight is 343 g/mol. The van der Waals surface area contributed by atoms with Gasteiger partial charge in [0, 0.05) is 12.0 Å². The van der Waals surface area contributed by atoms with Gasteiger partial charge in [-0.25, -0.2) is 8.78 Å². The number of carbonyl (C=O) groups is 1. The molecule has 0 fully saturated rings. The van der Waals surface area contributed by atoms with Crippen LogP contribution < -0.4 is 4.43 Å². The highest BCUT2D eigenvalue weighted by molar-refractivity contribution is 6.78. The molecule has 1 aromatic rings. The molecule has 0 spiro atoms. The molecule has 0 saturated carbocycles. The summed E-state index contributed by atoms with van der Waals surface area (Å²) in [6.45, 7) is 14.0. The second-order valence-corrected chi connectivity index (χ2v) is 12.3. The summed E-state index contributed by atoms with van der Waals surface area (Å²) in [5, 5.41) is 0. The first-order chi connectivity index (χ1) is 10.6. The molecule has 130 valence electrons. The van der Waals surface area contributed by atoms with Crippen molar-refractivity contribution in [1.29, 1.82) is 0 Å². The second kappa shape index (κ2) is 7.56. The molecule has 0 amide bonds. The van der Waals surface area contributed by atoms with Crippen molar-refractivity contribution in [2.45, 2.75) is 71.5 Å². The molecule has 0 radical (unpaired) electrons. The molecular weight excluding hydrogens is 314 g/mol. The van der Waals surface area contributed by atoms with Gasteiger partial charge in [0.25, 0.3) is 8.32 Å². The van der Waals surface area contributed by atoms with Crippen molar-refractivity contribution in [2.75, 3.05) is 0 Å². The molecule has 0 saturated heterocycles. The topological polar surface area (TPSA) is 26.3 Å². The number of hydrogen-bond donors (Lipinski definition) is 0. The Morgan fingerprint density at radius 3 is 1.70 bits per heavy atom. The summed E-state index contributed by atoms with van der Waals surface area (Å²) in [4.78, 5) is 11.7. The number of benzene rings is 1. The van der Waals surface area contributed by atoms with Crippen LogP contribution in [0.25, 0.3) is 0 Å². The highest BCUT2D eigenvalue weighted by Crippen LogP contribution is 2.43. The third kappa shape index (κ3) is 3.82. The fraction of sp³-hybridized carbons (Fsp3) is 0.611. The summed E-state index contributed by atoms with van der Waals surface area (Å²) >= 11 is 0. The molecule has 5 heteroatoms. The van der Waals surface area contributed by atoms with Gasteiger partial charge in [-0.1, -0.05) is 48.5 Å². The minimum absolute atomic E-state index is 0.0563. The van der Waals surface area contributed by atoms with Crippen molar-refractivity contribution in [3.05, 3.63) is 29.3 Å². The number of carbonyl (C=O) groups excluding carboxylic acids is 1. The van der Waals surface area contributed by atoms with Crippen molar-refractivity contribution in [3.63, 3.8) is 0 Å². The van der Waals surface area contributed by atoms with Gasteiger partial charge >= 0.3 is 0 Å². The van der Waals surface area contributed by atoms with Crippen LogP contribution in [0.1, 0.15) is 65.2 Å². The lowest BCUT2D eigenvalue weighted by Crippen LogP contribution is -2.51. The van der Waals surface area contributed by atoms with Crippen LogP contribution in [0.2, 0.25) is 16.6 Å². The standard InChI is InChI=1S/C18H28F2O2Si/c1-8-17(21)14-9-15(19)18(16(20)10-14)22-23(11(2)3,12(4)5)13(6)7/h9-13H,8H2,1-7H3. The van der Waals surface area contributed by atoms with Gasteiger partial charge in [-0.15, -0.1) is 0 Å². The lowest BCUT2D eigenvalue weighted by molar-refractivity contribution is 0.0987. The number of Topliss-reactive ketones (excluding diaryl/α,β-unsaturated/α-hetero) is 1. The van der Waals surface area contributed by atoms with E-state index in [1.807, 2.05) is 0 Å². The molecule has 1 rings (SSSR count). The summed E-state index contributed by atoms with van der Waals surface area (Å²) in [6.07, 6.45) is 0.210. The van der Waals surface area contributed by atoms with Crippen molar-refractivity contribution >= 4 is 14.1 Å². The summed E-state index contributed by atoms with van der Waals surface area (Å²) in [5.74, 6) is -2.20. The zero-order valence-corrected chi connectivity index (χ0v) is 16.2. The van der Waals surface area contributed by atoms with E-state index in [-0.39, 0.29) is 40.1 Å². The Bertz CT molecular complexity index is 523. The maximum absolute atomic E-state index is 14.4. The maximum atomic E-state index is 14.4. The molecular formula is C18H28F2O2Si. The highest BCUT2D eigenvalue weighted by Gasteiger charge is 2.47. The van der Waals surface area contributed by atoms with Crippen LogP contribution in [-0.2, 0) is 0 Å². The van der Waals surface area contributed by atoms with Crippen molar-refractivity contribution < 1.29 is 18.0 Å². The third-order valence-electron chi connectivity index (χ3n) is 4.63. The number of ketones is 1. The zero-order chi connectivity index (χ0) is 17.9. The Balaban J connectivity index is 3.38. The normalized spacial score (nSPS) is 12.3. The Kier molecular flexibility index (Phi) is 6.51. The van der Waals surface area contributed by atoms with Crippen molar-refractivity contribution in [2.24, 2.45) is 0 Å².